The Kier molecular flexibility index (Phi) is 0.341. The Labute approximate surface area is 33.0 Å². The quantitative estimate of drug-likeness (QED) is 0.271. The second kappa shape index (κ2) is 0.572. The number of cyclic esters (lactones) is 1. The lowest BCUT2D eigenvalue weighted by molar-refractivity contribution is -0.154. The highest BCUT2D eigenvalue weighted by Gasteiger charge is 2.56. The second-order valence-electron chi connectivity index (χ2n) is 0.998. The van der Waals surface area contributed by atoms with E-state index in [2.05, 4.69) is 4.74 Å². The van der Waals surface area contributed by atoms with Crippen LogP contribution in [0.4, 0.5) is 0 Å². The van der Waals surface area contributed by atoms with E-state index in [1.54, 1.807) is 0 Å². The molecule has 0 aliphatic carbocycles. The maximum Gasteiger partial charge on any atom is 0.429 e. The molecule has 0 unspecified atom stereocenters. The number of ether oxygens (including phenoxy) is 1. The van der Waals surface area contributed by atoms with Crippen molar-refractivity contribution in [1.82, 2.24) is 0 Å². The minimum absolute atomic E-state index is 0.984. The summed E-state index contributed by atoms with van der Waals surface area (Å²) in [6.07, 6.45) is 0. The van der Waals surface area contributed by atoms with E-state index >= 15 is 0 Å². The predicted octanol–water partition coefficient (Wildman–Crippen LogP) is -1.82. The zero-order valence-corrected chi connectivity index (χ0v) is 2.71. The number of aliphatic hydroxyl groups is 2. The van der Waals surface area contributed by atoms with Gasteiger partial charge >= 0.3 is 11.9 Å². The van der Waals surface area contributed by atoms with Crippen molar-refractivity contribution in [1.29, 1.82) is 0 Å². The molecule has 1 aliphatic heterocycles. The van der Waals surface area contributed by atoms with E-state index in [1.807, 2.05) is 0 Å². The van der Waals surface area contributed by atoms with Gasteiger partial charge in [-0.05, 0) is 0 Å². The predicted molar refractivity (Wildman–Crippen MR) is 13.3 cm³/mol. The zero-order valence-electron chi connectivity index (χ0n) is 2.71. The Hall–Kier alpha value is -0.610. The molecule has 4 heteroatoms. The summed E-state index contributed by atoms with van der Waals surface area (Å²) in [5.74, 6) is -3.41. The van der Waals surface area contributed by atoms with Gasteiger partial charge in [-0.2, -0.15) is 0 Å². The Morgan fingerprint density at radius 3 is 1.83 bits per heavy atom. The molecular formula is C2H2O4. The first-order valence-corrected chi connectivity index (χ1v) is 1.31. The maximum atomic E-state index is 9.49. The Morgan fingerprint density at radius 1 is 1.67 bits per heavy atom. The van der Waals surface area contributed by atoms with E-state index in [0.717, 1.165) is 0 Å². The van der Waals surface area contributed by atoms with E-state index in [1.165, 1.54) is 0 Å². The number of carbonyl (C=O) groups excluding carboxylic acids is 1. The minimum atomic E-state index is -2.43. The van der Waals surface area contributed by atoms with Crippen LogP contribution < -0.4 is 0 Å². The highest BCUT2D eigenvalue weighted by atomic mass is 16.9. The topological polar surface area (TPSA) is 70.1 Å². The molecule has 6 heavy (non-hydrogen) atoms. The highest BCUT2D eigenvalue weighted by molar-refractivity contribution is 5.88. The summed E-state index contributed by atoms with van der Waals surface area (Å²) in [5.41, 5.74) is 0. The zero-order chi connectivity index (χ0) is 4.78. The van der Waals surface area contributed by atoms with Crippen LogP contribution in [-0.2, 0) is 9.53 Å². The van der Waals surface area contributed by atoms with Crippen LogP contribution >= 0.6 is 0 Å². The van der Waals surface area contributed by atoms with Crippen molar-refractivity contribution in [2.75, 3.05) is 0 Å². The molecule has 1 saturated heterocycles. The molecule has 0 atom stereocenters. The fourth-order valence-electron chi connectivity index (χ4n) is 0.104. The average Bonchev–Trinajstić information content (AvgIpc) is 1.73. The van der Waals surface area contributed by atoms with Crippen molar-refractivity contribution in [3.63, 3.8) is 0 Å². The average molecular weight is 90.0 g/mol. The Bertz CT molecular complexity index is 93.7. The Balaban J connectivity index is 2.63. The van der Waals surface area contributed by atoms with Crippen molar-refractivity contribution in [2.45, 2.75) is 5.97 Å². The number of hydrogen-bond donors (Lipinski definition) is 2. The number of rotatable bonds is 0. The fraction of sp³-hybridized carbons (Fsp3) is 0.500. The van der Waals surface area contributed by atoms with Crippen LogP contribution in [-0.4, -0.2) is 22.2 Å². The van der Waals surface area contributed by atoms with Crippen molar-refractivity contribution in [3.8, 4) is 0 Å². The third kappa shape index (κ3) is 0.275. The van der Waals surface area contributed by atoms with Crippen molar-refractivity contribution < 1.29 is 19.7 Å². The first-order chi connectivity index (χ1) is 2.63. The van der Waals surface area contributed by atoms with Crippen LogP contribution in [0, 0.1) is 0 Å². The molecule has 0 spiro atoms. The van der Waals surface area contributed by atoms with Crippen LogP contribution in [0.15, 0.2) is 0 Å². The summed E-state index contributed by atoms with van der Waals surface area (Å²) in [6.45, 7) is 0. The number of hydrogen-bond acceptors (Lipinski definition) is 4. The molecule has 0 amide bonds. The summed E-state index contributed by atoms with van der Waals surface area (Å²) in [6, 6.07) is 0. The summed E-state index contributed by atoms with van der Waals surface area (Å²) >= 11 is 0. The van der Waals surface area contributed by atoms with E-state index in [4.69, 9.17) is 10.2 Å². The van der Waals surface area contributed by atoms with Gasteiger partial charge in [-0.3, -0.25) is 0 Å². The first-order valence-electron chi connectivity index (χ1n) is 1.31. The maximum absolute atomic E-state index is 9.49. The van der Waals surface area contributed by atoms with Gasteiger partial charge in [0.05, 0.1) is 0 Å². The molecule has 0 saturated carbocycles. The van der Waals surface area contributed by atoms with E-state index in [0.29, 0.717) is 0 Å². The normalized spacial score (nSPS) is 26.0. The summed E-state index contributed by atoms with van der Waals surface area (Å²) in [7, 11) is 0. The molecule has 0 aromatic heterocycles. The standard InChI is InChI=1S/C2H2O4/c3-1-2(4,5)6-1/h4-5H. The third-order valence-electron chi connectivity index (χ3n) is 0.459. The molecule has 1 fully saturated rings. The molecule has 2 N–H and O–H groups in total. The summed E-state index contributed by atoms with van der Waals surface area (Å²) in [5, 5.41) is 15.8. The molecule has 1 heterocycles. The highest BCUT2D eigenvalue weighted by Crippen LogP contribution is 2.19. The molecule has 0 bridgehead atoms. The van der Waals surface area contributed by atoms with Crippen molar-refractivity contribution in [2.24, 2.45) is 0 Å². The minimum Gasteiger partial charge on any atom is -0.392 e. The lowest BCUT2D eigenvalue weighted by atomic mass is 10.8. The van der Waals surface area contributed by atoms with Crippen LogP contribution in [0.2, 0.25) is 0 Å². The molecule has 0 aromatic carbocycles. The van der Waals surface area contributed by atoms with Gasteiger partial charge in [0.1, 0.15) is 0 Å². The SMILES string of the molecule is O=C1OC1(O)O. The van der Waals surface area contributed by atoms with Gasteiger partial charge in [-0.25, -0.2) is 4.79 Å². The van der Waals surface area contributed by atoms with Crippen LogP contribution in [0.1, 0.15) is 0 Å². The molecule has 1 rings (SSSR count). The van der Waals surface area contributed by atoms with Crippen LogP contribution in [0.3, 0.4) is 0 Å². The van der Waals surface area contributed by atoms with Gasteiger partial charge in [0.25, 0.3) is 0 Å². The smallest absolute Gasteiger partial charge is 0.392 e. The molecule has 0 radical (unpaired) electrons. The van der Waals surface area contributed by atoms with Gasteiger partial charge in [0.2, 0.25) is 0 Å². The first kappa shape index (κ1) is 3.58. The molecule has 4 nitrogen and oxygen atoms in total. The van der Waals surface area contributed by atoms with Gasteiger partial charge in [-0.1, -0.05) is 0 Å². The number of carbonyl (C=O) groups is 1. The van der Waals surface area contributed by atoms with Crippen LogP contribution in [0.5, 0.6) is 0 Å². The van der Waals surface area contributed by atoms with Gasteiger partial charge < -0.3 is 14.9 Å². The third-order valence-corrected chi connectivity index (χ3v) is 0.459. The van der Waals surface area contributed by atoms with E-state index in [9.17, 15) is 4.79 Å². The fourth-order valence-corrected chi connectivity index (χ4v) is 0.104. The lowest BCUT2D eigenvalue weighted by Crippen LogP contribution is -2.07. The Morgan fingerprint density at radius 2 is 1.83 bits per heavy atom. The number of epoxide rings is 1. The van der Waals surface area contributed by atoms with Crippen molar-refractivity contribution in [3.05, 3.63) is 0 Å². The summed E-state index contributed by atoms with van der Waals surface area (Å²) < 4.78 is 3.58. The van der Waals surface area contributed by atoms with E-state index < -0.39 is 11.9 Å². The molecule has 0 aromatic rings. The summed E-state index contributed by atoms with van der Waals surface area (Å²) in [4.78, 5) is 9.49. The second-order valence-corrected chi connectivity index (χ2v) is 0.998. The van der Waals surface area contributed by atoms with E-state index in [-0.39, 0.29) is 0 Å². The molecule has 34 valence electrons. The van der Waals surface area contributed by atoms with Gasteiger partial charge in [0, 0.05) is 0 Å². The largest absolute Gasteiger partial charge is 0.429 e. The van der Waals surface area contributed by atoms with Crippen molar-refractivity contribution >= 4 is 5.97 Å². The monoisotopic (exact) mass is 90.0 g/mol. The van der Waals surface area contributed by atoms with Crippen LogP contribution in [0.25, 0.3) is 0 Å². The molecular weight excluding hydrogens is 88.0 g/mol. The molecule has 1 aliphatic rings. The van der Waals surface area contributed by atoms with Gasteiger partial charge in [-0.15, -0.1) is 0 Å². The van der Waals surface area contributed by atoms with Gasteiger partial charge in [0.15, 0.2) is 0 Å². The lowest BCUT2D eigenvalue weighted by Gasteiger charge is -1.76.